The molecule has 2 N–H and O–H groups in total. The van der Waals surface area contributed by atoms with E-state index in [0.29, 0.717) is 15.7 Å². The number of methoxy groups -OCH3 is 1. The first-order chi connectivity index (χ1) is 13.7. The summed E-state index contributed by atoms with van der Waals surface area (Å²) in [6.45, 7) is 4.91. The number of benzene rings is 1. The van der Waals surface area contributed by atoms with Gasteiger partial charge in [0.1, 0.15) is 28.9 Å². The van der Waals surface area contributed by atoms with Gasteiger partial charge in [0.2, 0.25) is 11.8 Å². The molecule has 9 heteroatoms. The van der Waals surface area contributed by atoms with Crippen LogP contribution in [-0.4, -0.2) is 38.6 Å². The summed E-state index contributed by atoms with van der Waals surface area (Å²) in [7, 11) is 2.70. The Hall–Kier alpha value is -3.07. The first-order valence-corrected chi connectivity index (χ1v) is 9.35. The lowest BCUT2D eigenvalue weighted by atomic mass is 9.67. The van der Waals surface area contributed by atoms with Gasteiger partial charge in [-0.1, -0.05) is 28.6 Å². The van der Waals surface area contributed by atoms with E-state index in [2.05, 4.69) is 22.5 Å². The van der Waals surface area contributed by atoms with Crippen molar-refractivity contribution in [3.05, 3.63) is 63.7 Å². The third-order valence-corrected chi connectivity index (χ3v) is 5.38. The van der Waals surface area contributed by atoms with Crippen molar-refractivity contribution < 1.29 is 28.6 Å². The first kappa shape index (κ1) is 20.7. The second-order valence-corrected chi connectivity index (χ2v) is 7.34. The molecule has 0 saturated heterocycles. The normalized spacial score (nSPS) is 20.6. The Bertz CT molecular complexity index is 1010. The zero-order valence-corrected chi connectivity index (χ0v) is 17.7. The number of esters is 2. The quantitative estimate of drug-likeness (QED) is 0.538. The molecule has 1 atom stereocenters. The summed E-state index contributed by atoms with van der Waals surface area (Å²) in [4.78, 5) is 40.8. The van der Waals surface area contributed by atoms with Gasteiger partial charge in [-0.05, 0) is 25.1 Å². The molecule has 0 unspecified atom stereocenters. The summed E-state index contributed by atoms with van der Waals surface area (Å²) in [6, 6.07) is 5.11. The SMILES string of the molecule is C=CCOC(=O)C1=C(C)OC(N)=C(C(=O)OC)[C@]12C(=O)N(C)c1ccc(Br)cc12. The van der Waals surface area contributed by atoms with Gasteiger partial charge in [0.05, 0.1) is 7.11 Å². The second-order valence-electron chi connectivity index (χ2n) is 6.43. The first-order valence-electron chi connectivity index (χ1n) is 8.55. The number of hydrogen-bond donors (Lipinski definition) is 1. The minimum Gasteiger partial charge on any atom is -0.465 e. The molecule has 0 aromatic heterocycles. The maximum absolute atomic E-state index is 13.7. The summed E-state index contributed by atoms with van der Waals surface area (Å²) in [5.41, 5.74) is 4.65. The summed E-state index contributed by atoms with van der Waals surface area (Å²) < 4.78 is 16.2. The zero-order chi connectivity index (χ0) is 21.5. The van der Waals surface area contributed by atoms with Crippen molar-refractivity contribution >= 4 is 39.5 Å². The minimum absolute atomic E-state index is 0.0544. The van der Waals surface area contributed by atoms with Crippen LogP contribution in [0.15, 0.2) is 58.1 Å². The number of nitrogens with zero attached hydrogens (tertiary/aromatic N) is 1. The molecule has 0 radical (unpaired) electrons. The van der Waals surface area contributed by atoms with Crippen LogP contribution in [0.4, 0.5) is 5.69 Å². The predicted molar refractivity (Wildman–Crippen MR) is 107 cm³/mol. The Morgan fingerprint density at radius 1 is 1.34 bits per heavy atom. The smallest absolute Gasteiger partial charge is 0.340 e. The Balaban J connectivity index is 2.43. The molecule has 0 saturated carbocycles. The van der Waals surface area contributed by atoms with Crippen LogP contribution in [0.3, 0.4) is 0 Å². The van der Waals surface area contributed by atoms with Gasteiger partial charge < -0.3 is 24.8 Å². The highest BCUT2D eigenvalue weighted by atomic mass is 79.9. The molecule has 1 amide bonds. The van der Waals surface area contributed by atoms with Crippen molar-refractivity contribution in [2.45, 2.75) is 12.3 Å². The van der Waals surface area contributed by atoms with Crippen molar-refractivity contribution in [2.75, 3.05) is 25.7 Å². The maximum atomic E-state index is 13.7. The van der Waals surface area contributed by atoms with Crippen LogP contribution in [0.5, 0.6) is 0 Å². The fourth-order valence-corrected chi connectivity index (χ4v) is 4.12. The Morgan fingerprint density at radius 2 is 2.03 bits per heavy atom. The highest BCUT2D eigenvalue weighted by Gasteiger charge is 2.63. The van der Waals surface area contributed by atoms with Gasteiger partial charge in [0.15, 0.2) is 0 Å². The number of amides is 1. The van der Waals surface area contributed by atoms with Gasteiger partial charge >= 0.3 is 11.9 Å². The summed E-state index contributed by atoms with van der Waals surface area (Å²) in [5, 5.41) is 0. The van der Waals surface area contributed by atoms with E-state index in [-0.39, 0.29) is 29.4 Å². The molecule has 1 aromatic carbocycles. The average Bonchev–Trinajstić information content (AvgIpc) is 2.88. The van der Waals surface area contributed by atoms with Crippen molar-refractivity contribution in [1.82, 2.24) is 0 Å². The van der Waals surface area contributed by atoms with Crippen molar-refractivity contribution in [2.24, 2.45) is 5.73 Å². The van der Waals surface area contributed by atoms with E-state index in [1.807, 2.05) is 0 Å². The zero-order valence-electron chi connectivity index (χ0n) is 16.1. The largest absolute Gasteiger partial charge is 0.465 e. The molecule has 1 aromatic rings. The lowest BCUT2D eigenvalue weighted by Gasteiger charge is -2.35. The number of fused-ring (bicyclic) bond motifs is 2. The molecular weight excluding hydrogens is 444 g/mol. The van der Waals surface area contributed by atoms with E-state index in [1.165, 1.54) is 17.9 Å². The van der Waals surface area contributed by atoms with Crippen LogP contribution >= 0.6 is 15.9 Å². The van der Waals surface area contributed by atoms with E-state index < -0.39 is 23.3 Å². The topological polar surface area (TPSA) is 108 Å². The number of carbonyl (C=O) groups excluding carboxylic acids is 3. The third-order valence-electron chi connectivity index (χ3n) is 4.89. The van der Waals surface area contributed by atoms with Crippen molar-refractivity contribution in [3.63, 3.8) is 0 Å². The minimum atomic E-state index is -1.87. The lowest BCUT2D eigenvalue weighted by Crippen LogP contribution is -2.50. The molecule has 2 heterocycles. The highest BCUT2D eigenvalue weighted by molar-refractivity contribution is 9.10. The van der Waals surface area contributed by atoms with Gasteiger partial charge in [0.25, 0.3) is 0 Å². The molecule has 152 valence electrons. The number of allylic oxidation sites excluding steroid dienone is 1. The molecule has 2 aliphatic heterocycles. The van der Waals surface area contributed by atoms with E-state index in [0.717, 1.165) is 7.11 Å². The number of likely N-dealkylation sites (N-methyl/N-ethyl adjacent to an activating group) is 1. The van der Waals surface area contributed by atoms with E-state index >= 15 is 0 Å². The van der Waals surface area contributed by atoms with Gasteiger partial charge in [-0.2, -0.15) is 0 Å². The van der Waals surface area contributed by atoms with E-state index in [9.17, 15) is 14.4 Å². The number of carbonyl (C=O) groups is 3. The number of ether oxygens (including phenoxy) is 3. The van der Waals surface area contributed by atoms with Gasteiger partial charge in [-0.3, -0.25) is 4.79 Å². The predicted octanol–water partition coefficient (Wildman–Crippen LogP) is 2.04. The molecule has 1 spiro atoms. The van der Waals surface area contributed by atoms with E-state index in [1.54, 1.807) is 25.2 Å². The number of halogens is 1. The molecule has 2 aliphatic rings. The van der Waals surface area contributed by atoms with Crippen molar-refractivity contribution in [1.29, 1.82) is 0 Å². The fraction of sp³-hybridized carbons (Fsp3) is 0.250. The van der Waals surface area contributed by atoms with Crippen LogP contribution in [0, 0.1) is 0 Å². The standard InChI is InChI=1S/C20H19BrN2O6/c1-5-8-28-18(25)14-10(2)29-16(22)15(17(24)27-4)20(14)12-9-11(21)6-7-13(12)23(3)19(20)26/h5-7,9H,1,8,22H2,2-4H3/t20-/m1/s1. The number of anilines is 1. The van der Waals surface area contributed by atoms with Crippen LogP contribution in [0.1, 0.15) is 12.5 Å². The number of hydrogen-bond acceptors (Lipinski definition) is 7. The molecule has 0 fully saturated rings. The van der Waals surface area contributed by atoms with Gasteiger partial charge in [-0.25, -0.2) is 9.59 Å². The Kier molecular flexibility index (Phi) is 5.27. The lowest BCUT2D eigenvalue weighted by molar-refractivity contribution is -0.142. The second kappa shape index (κ2) is 7.40. The molecule has 29 heavy (non-hydrogen) atoms. The molecular formula is C20H19BrN2O6. The Morgan fingerprint density at radius 3 is 2.66 bits per heavy atom. The number of rotatable bonds is 4. The van der Waals surface area contributed by atoms with Crippen LogP contribution in [-0.2, 0) is 34.0 Å². The van der Waals surface area contributed by atoms with E-state index in [4.69, 9.17) is 19.9 Å². The highest BCUT2D eigenvalue weighted by Crippen LogP contribution is 2.54. The van der Waals surface area contributed by atoms with Crippen molar-refractivity contribution in [3.8, 4) is 0 Å². The van der Waals surface area contributed by atoms with Gasteiger partial charge in [-0.15, -0.1) is 0 Å². The summed E-state index contributed by atoms with van der Waals surface area (Å²) >= 11 is 3.39. The number of nitrogens with two attached hydrogens (primary N) is 1. The van der Waals surface area contributed by atoms with Crippen LogP contribution in [0.25, 0.3) is 0 Å². The molecule has 0 bridgehead atoms. The molecule has 3 rings (SSSR count). The average molecular weight is 463 g/mol. The maximum Gasteiger partial charge on any atom is 0.340 e. The molecule has 8 nitrogen and oxygen atoms in total. The Labute approximate surface area is 175 Å². The summed E-state index contributed by atoms with van der Waals surface area (Å²) in [5.74, 6) is -2.53. The van der Waals surface area contributed by atoms with Gasteiger partial charge in [0, 0.05) is 22.8 Å². The third kappa shape index (κ3) is 2.84. The fourth-order valence-electron chi connectivity index (χ4n) is 3.76. The van der Waals surface area contributed by atoms with Crippen LogP contribution < -0.4 is 10.6 Å². The van der Waals surface area contributed by atoms with Crippen LogP contribution in [0.2, 0.25) is 0 Å². The summed E-state index contributed by atoms with van der Waals surface area (Å²) in [6.07, 6.45) is 1.39. The monoisotopic (exact) mass is 462 g/mol. The molecule has 0 aliphatic carbocycles.